The van der Waals surface area contributed by atoms with Crippen LogP contribution in [0.4, 0.5) is 43.9 Å². The van der Waals surface area contributed by atoms with Crippen molar-refractivity contribution in [2.45, 2.75) is 481 Å². The molecular formula is C79H184F10. The molecule has 0 saturated carbocycles. The maximum atomic E-state index is 11.9. The van der Waals surface area contributed by atoms with E-state index in [1.807, 2.05) is 55.4 Å². The molecule has 0 saturated heterocycles. The van der Waals surface area contributed by atoms with Crippen LogP contribution in [0.15, 0.2) is 0 Å². The minimum absolute atomic E-state index is 0.00694. The van der Waals surface area contributed by atoms with Gasteiger partial charge in [0.2, 0.25) is 17.8 Å². The lowest BCUT2D eigenvalue weighted by molar-refractivity contribution is -0.164. The highest BCUT2D eigenvalue weighted by molar-refractivity contribution is 4.58. The van der Waals surface area contributed by atoms with Crippen molar-refractivity contribution in [3.63, 3.8) is 0 Å². The molecule has 10 heteroatoms. The first-order valence-electron chi connectivity index (χ1n) is 38.9. The van der Waals surface area contributed by atoms with E-state index in [2.05, 4.69) is 152 Å². The fraction of sp³-hybridized carbons (Fsp3) is 1.00. The zero-order valence-electron chi connectivity index (χ0n) is 75.5. The average Bonchev–Trinajstić information content (AvgIpc) is 3.36. The summed E-state index contributed by atoms with van der Waals surface area (Å²) in [7, 11) is 0. The summed E-state index contributed by atoms with van der Waals surface area (Å²) in [5.74, 6) is -5.58. The lowest BCUT2D eigenvalue weighted by atomic mass is 10.1. The molecule has 0 spiro atoms. The second-order valence-electron chi connectivity index (χ2n) is 25.6. The lowest BCUT2D eigenvalue weighted by Gasteiger charge is -2.08. The molecule has 0 aliphatic heterocycles. The third-order valence-electron chi connectivity index (χ3n) is 8.12. The van der Waals surface area contributed by atoms with Gasteiger partial charge in [-0.2, -0.15) is 13.2 Å². The smallest absolute Gasteiger partial charge is 0.248 e. The summed E-state index contributed by atoms with van der Waals surface area (Å²) in [6, 6.07) is 0. The van der Waals surface area contributed by atoms with Crippen LogP contribution in [-0.2, 0) is 0 Å². The summed E-state index contributed by atoms with van der Waals surface area (Å²) in [5.41, 5.74) is 0. The van der Waals surface area contributed by atoms with Crippen molar-refractivity contribution < 1.29 is 52.1 Å². The topological polar surface area (TPSA) is 0 Å². The maximum absolute atomic E-state index is 11.9. The Kier molecular flexibility index (Phi) is 162. The molecule has 0 N–H and O–H groups in total. The Balaban J connectivity index is -0.0000000415. The molecule has 1 atom stereocenters. The zero-order valence-corrected chi connectivity index (χ0v) is 69.5. The van der Waals surface area contributed by atoms with Crippen LogP contribution in [0.25, 0.3) is 0 Å². The Labute approximate surface area is 572 Å². The van der Waals surface area contributed by atoms with E-state index in [1.54, 1.807) is 27.7 Å². The Bertz CT molecular complexity index is 1030. The summed E-state index contributed by atoms with van der Waals surface area (Å²) < 4.78 is 157. The number of unbranched alkanes of at least 4 members (excludes halogenated alkanes) is 7. The van der Waals surface area contributed by atoms with E-state index < -0.39 is 48.8 Å². The van der Waals surface area contributed by atoms with Gasteiger partial charge in [0.15, 0.2) is 0 Å². The molecule has 0 aromatic rings. The van der Waals surface area contributed by atoms with Crippen molar-refractivity contribution in [2.24, 2.45) is 41.4 Å². The average molecular weight is 1330 g/mol. The second kappa shape index (κ2) is 124. The molecule has 0 aliphatic rings. The number of halogens is 10. The molecule has 0 rings (SSSR count). The van der Waals surface area contributed by atoms with E-state index in [0.29, 0.717) is 25.7 Å². The standard InChI is InChI=1S/C6H14.3C5H10F2.C5H11F.3C5H12.C4H7F3.7C4H10.2C3H8/c1-4-6(3)5-2;2*1-3-4-5(2,6)7;1-3-5(6,7)4-2;1-3-4-5(2)6;3*1-3-5-4-2;1-3(2)4(5,6)7;5*1-4(2)3;2*1-3-4-2;2*1-3-2/h6H,4-5H2,1-3H3;3*3-4H2,1-2H3;5H,3-4H2,1-2H3;3*3-5H2,1-2H3;3H,1-2H3;5*4H,1-3H3;2*3-4H2,1-2H3;2*3H2,1-2H3/i;;;;;;;;;2*4D;;;;3D2;;3D2;. The molecular weight excluding hydrogens is 1140 g/mol. The third kappa shape index (κ3) is 540. The molecule has 0 heterocycles. The number of hydrogen-bond donors (Lipinski definition) is 0. The summed E-state index contributed by atoms with van der Waals surface area (Å²) in [4.78, 5) is 0. The van der Waals surface area contributed by atoms with Gasteiger partial charge in [0.05, 0.1) is 6.17 Å². The fourth-order valence-electron chi connectivity index (χ4n) is 2.88. The minimum atomic E-state index is -4.00. The van der Waals surface area contributed by atoms with Gasteiger partial charge in [-0.25, -0.2) is 30.7 Å². The second-order valence-corrected chi connectivity index (χ2v) is 25.6. The Morgan fingerprint density at radius 3 is 0.506 bits per heavy atom. The molecule has 0 fully saturated rings. The van der Waals surface area contributed by atoms with Gasteiger partial charge in [-0.05, 0) is 62.7 Å². The number of hydrogen-bond acceptors (Lipinski definition) is 0. The highest BCUT2D eigenvalue weighted by atomic mass is 19.4. The third-order valence-corrected chi connectivity index (χ3v) is 8.12. The van der Waals surface area contributed by atoms with E-state index in [-0.39, 0.29) is 37.5 Å². The molecule has 0 aromatic heterocycles. The van der Waals surface area contributed by atoms with Gasteiger partial charge < -0.3 is 0 Å². The molecule has 0 aromatic carbocycles. The van der Waals surface area contributed by atoms with Crippen LogP contribution in [0, 0.1) is 41.4 Å². The molecule has 0 nitrogen and oxygen atoms in total. The van der Waals surface area contributed by atoms with E-state index in [9.17, 15) is 43.9 Å². The van der Waals surface area contributed by atoms with Crippen LogP contribution >= 0.6 is 0 Å². The monoisotopic (exact) mass is 1330 g/mol. The first kappa shape index (κ1) is 116. The van der Waals surface area contributed by atoms with Crippen LogP contribution in [0.2, 0.25) is 0 Å². The Morgan fingerprint density at radius 2 is 0.506 bits per heavy atom. The lowest BCUT2D eigenvalue weighted by Crippen LogP contribution is -2.15. The quantitative estimate of drug-likeness (QED) is 0.120. The van der Waals surface area contributed by atoms with Crippen LogP contribution in [0.3, 0.4) is 0 Å². The number of alkyl halides is 10. The van der Waals surface area contributed by atoms with Crippen molar-refractivity contribution in [1.29, 1.82) is 0 Å². The first-order valence-corrected chi connectivity index (χ1v) is 35.9. The van der Waals surface area contributed by atoms with Crippen molar-refractivity contribution in [2.75, 3.05) is 0 Å². The molecule has 1 unspecified atom stereocenters. The predicted molar refractivity (Wildman–Crippen MR) is 404 cm³/mol. The molecule has 0 aliphatic carbocycles. The van der Waals surface area contributed by atoms with Gasteiger partial charge >= 0.3 is 6.18 Å². The van der Waals surface area contributed by atoms with Gasteiger partial charge in [0.25, 0.3) is 0 Å². The highest BCUT2D eigenvalue weighted by Crippen LogP contribution is 2.24. The highest BCUT2D eigenvalue weighted by Gasteiger charge is 2.31. The van der Waals surface area contributed by atoms with E-state index in [1.165, 1.54) is 118 Å². The zero-order chi connectivity index (χ0) is 81.7. The summed E-state index contributed by atoms with van der Waals surface area (Å²) in [5, 5.41) is 0. The van der Waals surface area contributed by atoms with Crippen LogP contribution in [0.5, 0.6) is 0 Å². The Morgan fingerprint density at radius 1 is 0.337 bits per heavy atom. The molecule has 0 radical (unpaired) electrons. The molecule has 0 amide bonds. The van der Waals surface area contributed by atoms with Crippen LogP contribution in [0.1, 0.15) is 459 Å². The summed E-state index contributed by atoms with van der Waals surface area (Å²) in [6.45, 7) is 79.9. The Hall–Kier alpha value is -0.700. The van der Waals surface area contributed by atoms with Crippen molar-refractivity contribution in [1.82, 2.24) is 0 Å². The van der Waals surface area contributed by atoms with Gasteiger partial charge in [-0.15, -0.1) is 0 Å². The van der Waals surface area contributed by atoms with E-state index in [0.717, 1.165) is 57.8 Å². The number of rotatable bonds is 18. The summed E-state index contributed by atoms with van der Waals surface area (Å²) in [6.07, 6.45) is 15.5. The SMILES string of the molecule is CC(C)C.CC(C)C.CC(C)C.CC(C)C(F)(F)F.CCC.CCC(C)CC.CCC(F)(F)CC.CCCC.CCCC(C)(F)F.CCCC(C)(F)F.CCCC(C)F.CCCCC.CCCCC.CCCCC.[2H]C(C)(C)C.[2H]C(C)(C)C.[2H]C([2H])(C)C.[2H]C([2H])(C)CC. The van der Waals surface area contributed by atoms with Gasteiger partial charge in [-0.1, -0.05) is 398 Å². The van der Waals surface area contributed by atoms with E-state index >= 15 is 0 Å². The predicted octanol–water partition coefficient (Wildman–Crippen LogP) is 35.5. The summed E-state index contributed by atoms with van der Waals surface area (Å²) >= 11 is 0. The normalized spacial score (nSPS) is 11.6. The molecule has 0 bridgehead atoms. The van der Waals surface area contributed by atoms with Crippen LogP contribution in [-0.4, -0.2) is 30.1 Å². The first-order chi connectivity index (χ1) is 42.1. The van der Waals surface area contributed by atoms with Crippen molar-refractivity contribution >= 4 is 0 Å². The van der Waals surface area contributed by atoms with Gasteiger partial charge in [-0.3, -0.25) is 0 Å². The minimum Gasteiger partial charge on any atom is -0.248 e. The maximum Gasteiger partial charge on any atom is 0.391 e. The van der Waals surface area contributed by atoms with Crippen LogP contribution < -0.4 is 0 Å². The molecule has 89 heavy (non-hydrogen) atoms. The van der Waals surface area contributed by atoms with Crippen molar-refractivity contribution in [3.05, 3.63) is 0 Å². The fourth-order valence-corrected chi connectivity index (χ4v) is 2.88. The van der Waals surface area contributed by atoms with Gasteiger partial charge in [0, 0.05) is 39.8 Å². The van der Waals surface area contributed by atoms with E-state index in [4.69, 9.17) is 8.22 Å². The largest absolute Gasteiger partial charge is 0.391 e. The van der Waals surface area contributed by atoms with Crippen molar-refractivity contribution in [3.8, 4) is 0 Å². The molecule has 570 valence electrons. The van der Waals surface area contributed by atoms with Gasteiger partial charge in [0.1, 0.15) is 0 Å².